The number of aromatic nitrogens is 2. The summed E-state index contributed by atoms with van der Waals surface area (Å²) in [6, 6.07) is 14.5. The summed E-state index contributed by atoms with van der Waals surface area (Å²) in [6.45, 7) is 4.62. The lowest BCUT2D eigenvalue weighted by molar-refractivity contribution is 0.412. The van der Waals surface area contributed by atoms with Gasteiger partial charge in [0.25, 0.3) is 0 Å². The summed E-state index contributed by atoms with van der Waals surface area (Å²) in [4.78, 5) is 13.2. The lowest BCUT2D eigenvalue weighted by Crippen LogP contribution is -2.44. The van der Waals surface area contributed by atoms with Crippen molar-refractivity contribution in [3.05, 3.63) is 41.8 Å². The van der Waals surface area contributed by atoms with Crippen molar-refractivity contribution in [1.82, 2.24) is 9.97 Å². The Balaban J connectivity index is 1.93. The predicted molar refractivity (Wildman–Crippen MR) is 96.9 cm³/mol. The molecule has 3 nitrogen and oxygen atoms in total. The molecule has 0 bridgehead atoms. The van der Waals surface area contributed by atoms with Crippen LogP contribution in [-0.4, -0.2) is 22.1 Å². The van der Waals surface area contributed by atoms with Crippen LogP contribution in [0.2, 0.25) is 0 Å². The van der Waals surface area contributed by atoms with Crippen LogP contribution in [0.3, 0.4) is 0 Å². The second kappa shape index (κ2) is 5.93. The maximum atomic E-state index is 4.96. The molecule has 1 saturated heterocycles. The van der Waals surface area contributed by atoms with Gasteiger partial charge in [-0.05, 0) is 45.2 Å². The van der Waals surface area contributed by atoms with Gasteiger partial charge in [0, 0.05) is 17.5 Å². The van der Waals surface area contributed by atoms with E-state index in [2.05, 4.69) is 43.0 Å². The molecule has 0 radical (unpaired) electrons. The first-order chi connectivity index (χ1) is 11.2. The van der Waals surface area contributed by atoms with Crippen LogP contribution < -0.4 is 4.90 Å². The van der Waals surface area contributed by atoms with Crippen LogP contribution >= 0.6 is 11.3 Å². The van der Waals surface area contributed by atoms with Gasteiger partial charge in [0.05, 0.1) is 11.3 Å². The van der Waals surface area contributed by atoms with Crippen LogP contribution in [0.1, 0.15) is 33.1 Å². The van der Waals surface area contributed by atoms with Gasteiger partial charge < -0.3 is 4.90 Å². The third kappa shape index (κ3) is 2.61. The van der Waals surface area contributed by atoms with Crippen molar-refractivity contribution >= 4 is 28.1 Å². The quantitative estimate of drug-likeness (QED) is 0.627. The first-order valence-electron chi connectivity index (χ1n) is 8.24. The standard InChI is InChI=1S/C19H20N3S/c1-13-7-5-8-14(2)22(13)19-15-9-3-4-10-16(15)20-18(21-19)17-11-6-12-23-17/h3-4,6,9-10,12-14H,5,7-8H2,1-2H3/q-1/t13-,14+. The zero-order valence-corrected chi connectivity index (χ0v) is 14.3. The molecular formula is C19H20N3S-. The normalized spacial score (nSPS) is 21.7. The maximum Gasteiger partial charge on any atom is 0.127 e. The summed E-state index contributed by atoms with van der Waals surface area (Å²) < 4.78 is 0. The molecule has 0 unspecified atom stereocenters. The minimum Gasteiger partial charge on any atom is -0.351 e. The van der Waals surface area contributed by atoms with Gasteiger partial charge in [0.2, 0.25) is 0 Å². The second-order valence-corrected chi connectivity index (χ2v) is 7.23. The highest BCUT2D eigenvalue weighted by atomic mass is 32.1. The lowest BCUT2D eigenvalue weighted by Gasteiger charge is -2.41. The van der Waals surface area contributed by atoms with Crippen LogP contribution in [0.25, 0.3) is 21.6 Å². The number of hydrogen-bond donors (Lipinski definition) is 0. The van der Waals surface area contributed by atoms with E-state index < -0.39 is 0 Å². The first kappa shape index (κ1) is 14.6. The molecule has 1 aliphatic heterocycles. The predicted octanol–water partition coefficient (Wildman–Crippen LogP) is 4.93. The van der Waals surface area contributed by atoms with E-state index in [0.29, 0.717) is 12.1 Å². The highest BCUT2D eigenvalue weighted by molar-refractivity contribution is 7.13. The molecule has 2 aromatic heterocycles. The molecule has 118 valence electrons. The molecule has 0 amide bonds. The minimum absolute atomic E-state index is 0.511. The third-order valence-electron chi connectivity index (χ3n) is 4.69. The number of nitrogens with zero attached hydrogens (tertiary/aromatic N) is 3. The van der Waals surface area contributed by atoms with Gasteiger partial charge in [0.15, 0.2) is 0 Å². The molecule has 1 aromatic carbocycles. The van der Waals surface area contributed by atoms with E-state index in [9.17, 15) is 0 Å². The van der Waals surface area contributed by atoms with E-state index in [1.807, 2.05) is 17.5 Å². The van der Waals surface area contributed by atoms with E-state index in [1.54, 1.807) is 11.3 Å². The first-order valence-corrected chi connectivity index (χ1v) is 9.12. The SMILES string of the molecule is C[C@@H]1CCC[C@H](C)N1c1nc(-c2[c-]ccs2)nc2ccccc12. The van der Waals surface area contributed by atoms with Crippen molar-refractivity contribution in [2.24, 2.45) is 0 Å². The fourth-order valence-electron chi connectivity index (χ4n) is 3.56. The summed E-state index contributed by atoms with van der Waals surface area (Å²) >= 11 is 1.64. The number of thiophene rings is 1. The van der Waals surface area contributed by atoms with E-state index in [-0.39, 0.29) is 0 Å². The Kier molecular flexibility index (Phi) is 3.77. The van der Waals surface area contributed by atoms with Gasteiger partial charge in [-0.3, -0.25) is 9.97 Å². The van der Waals surface area contributed by atoms with Crippen LogP contribution in [0.4, 0.5) is 5.82 Å². The fraction of sp³-hybridized carbons (Fsp3) is 0.368. The number of piperidine rings is 1. The van der Waals surface area contributed by atoms with E-state index in [1.165, 1.54) is 19.3 Å². The Morgan fingerprint density at radius 2 is 1.91 bits per heavy atom. The maximum absolute atomic E-state index is 4.96. The van der Waals surface area contributed by atoms with E-state index in [4.69, 9.17) is 9.97 Å². The molecule has 0 N–H and O–H groups in total. The second-order valence-electron chi connectivity index (χ2n) is 6.32. The molecule has 0 saturated carbocycles. The molecule has 0 spiro atoms. The molecule has 3 heterocycles. The smallest absolute Gasteiger partial charge is 0.127 e. The number of para-hydroxylation sites is 1. The van der Waals surface area contributed by atoms with Crippen molar-refractivity contribution in [3.63, 3.8) is 0 Å². The Morgan fingerprint density at radius 3 is 2.65 bits per heavy atom. The van der Waals surface area contributed by atoms with E-state index in [0.717, 1.165) is 27.4 Å². The summed E-state index contributed by atoms with van der Waals surface area (Å²) in [6.07, 6.45) is 3.75. The van der Waals surface area contributed by atoms with Crippen molar-refractivity contribution in [2.45, 2.75) is 45.2 Å². The summed E-state index contributed by atoms with van der Waals surface area (Å²) in [7, 11) is 0. The average molecular weight is 322 g/mol. The topological polar surface area (TPSA) is 29.0 Å². The Labute approximate surface area is 141 Å². The lowest BCUT2D eigenvalue weighted by atomic mass is 9.97. The van der Waals surface area contributed by atoms with Gasteiger partial charge in [0.1, 0.15) is 5.82 Å². The van der Waals surface area contributed by atoms with Crippen LogP contribution in [-0.2, 0) is 0 Å². The molecule has 4 heteroatoms. The highest BCUT2D eigenvalue weighted by Gasteiger charge is 2.27. The van der Waals surface area contributed by atoms with Crippen LogP contribution in [0.15, 0.2) is 35.7 Å². The van der Waals surface area contributed by atoms with Crippen molar-refractivity contribution in [1.29, 1.82) is 0 Å². The zero-order valence-electron chi connectivity index (χ0n) is 13.5. The summed E-state index contributed by atoms with van der Waals surface area (Å²) in [5.74, 6) is 1.87. The monoisotopic (exact) mass is 322 g/mol. The summed E-state index contributed by atoms with van der Waals surface area (Å²) in [5.41, 5.74) is 1.01. The van der Waals surface area contributed by atoms with Gasteiger partial charge in [-0.15, -0.1) is 5.38 Å². The largest absolute Gasteiger partial charge is 0.351 e. The molecule has 0 aliphatic carbocycles. The van der Waals surface area contributed by atoms with Gasteiger partial charge >= 0.3 is 0 Å². The molecular weight excluding hydrogens is 302 g/mol. The molecule has 2 atom stereocenters. The number of rotatable bonds is 2. The Hall–Kier alpha value is -1.94. The van der Waals surface area contributed by atoms with Gasteiger partial charge in [-0.25, -0.2) is 11.3 Å². The number of hydrogen-bond acceptors (Lipinski definition) is 4. The van der Waals surface area contributed by atoms with Crippen LogP contribution in [0, 0.1) is 6.07 Å². The third-order valence-corrected chi connectivity index (χ3v) is 5.50. The Bertz CT molecular complexity index is 803. The zero-order chi connectivity index (χ0) is 15.8. The van der Waals surface area contributed by atoms with Gasteiger partial charge in [-0.2, -0.15) is 12.1 Å². The number of anilines is 1. The van der Waals surface area contributed by atoms with Gasteiger partial charge in [-0.1, -0.05) is 17.0 Å². The average Bonchev–Trinajstić information content (AvgIpc) is 3.09. The van der Waals surface area contributed by atoms with Crippen molar-refractivity contribution in [2.75, 3.05) is 4.90 Å². The highest BCUT2D eigenvalue weighted by Crippen LogP contribution is 2.34. The summed E-state index contributed by atoms with van der Waals surface area (Å²) in [5, 5.41) is 3.17. The Morgan fingerprint density at radius 1 is 1.13 bits per heavy atom. The van der Waals surface area contributed by atoms with E-state index >= 15 is 0 Å². The minimum atomic E-state index is 0.511. The molecule has 23 heavy (non-hydrogen) atoms. The molecule has 4 rings (SSSR count). The molecule has 3 aromatic rings. The molecule has 1 aliphatic rings. The van der Waals surface area contributed by atoms with Crippen LogP contribution in [0.5, 0.6) is 0 Å². The molecule has 1 fully saturated rings. The number of fused-ring (bicyclic) bond motifs is 1. The number of benzene rings is 1. The van der Waals surface area contributed by atoms with Crippen molar-refractivity contribution in [3.8, 4) is 10.7 Å². The fourth-order valence-corrected chi connectivity index (χ4v) is 4.16. The van der Waals surface area contributed by atoms with Crippen molar-refractivity contribution < 1.29 is 0 Å².